The Kier molecular flexibility index (Phi) is 4.78. The van der Waals surface area contributed by atoms with E-state index in [9.17, 15) is 9.90 Å². The molecule has 1 amide bonds. The lowest BCUT2D eigenvalue weighted by Gasteiger charge is -2.12. The summed E-state index contributed by atoms with van der Waals surface area (Å²) in [5.41, 5.74) is 1.22. The number of carbonyl (C=O) groups is 1. The molecule has 3 aromatic carbocycles. The minimum absolute atomic E-state index is 0.193. The molecule has 0 aromatic heterocycles. The first-order valence-corrected chi connectivity index (χ1v) is 8.33. The molecule has 0 saturated carbocycles. The van der Waals surface area contributed by atoms with Gasteiger partial charge in [-0.3, -0.25) is 10.1 Å². The highest BCUT2D eigenvalue weighted by atomic mass is 79.9. The maximum Gasteiger partial charge on any atom is 0.257 e. The van der Waals surface area contributed by atoms with E-state index in [0.717, 1.165) is 9.86 Å². The molecule has 6 heteroatoms. The number of benzene rings is 3. The molecule has 0 spiro atoms. The molecule has 3 rings (SSSR count). The molecule has 0 bridgehead atoms. The van der Waals surface area contributed by atoms with Crippen LogP contribution < -0.4 is 10.6 Å². The smallest absolute Gasteiger partial charge is 0.257 e. The quantitative estimate of drug-likeness (QED) is 0.556. The molecule has 120 valence electrons. The fourth-order valence-corrected chi connectivity index (χ4v) is 2.80. The van der Waals surface area contributed by atoms with Gasteiger partial charge in [-0.2, -0.15) is 0 Å². The minimum atomic E-state index is -0.289. The van der Waals surface area contributed by atoms with Gasteiger partial charge in [0, 0.05) is 26.5 Å². The van der Waals surface area contributed by atoms with Gasteiger partial charge >= 0.3 is 0 Å². The van der Waals surface area contributed by atoms with E-state index in [2.05, 4.69) is 26.6 Å². The third-order valence-electron chi connectivity index (χ3n) is 3.48. The summed E-state index contributed by atoms with van der Waals surface area (Å²) in [6, 6.07) is 17.7. The third-order valence-corrected chi connectivity index (χ3v) is 4.21. The van der Waals surface area contributed by atoms with Gasteiger partial charge in [-0.15, -0.1) is 0 Å². The van der Waals surface area contributed by atoms with E-state index in [1.54, 1.807) is 36.4 Å². The van der Waals surface area contributed by atoms with Gasteiger partial charge in [-0.05, 0) is 48.6 Å². The summed E-state index contributed by atoms with van der Waals surface area (Å²) in [7, 11) is 0. The van der Waals surface area contributed by atoms with Crippen LogP contribution in [-0.2, 0) is 0 Å². The molecule has 0 saturated heterocycles. The number of fused-ring (bicyclic) bond motifs is 1. The van der Waals surface area contributed by atoms with E-state index in [1.807, 2.05) is 24.3 Å². The SMILES string of the molecule is O=C(NC(=S)Nc1cccc2c(O)cccc12)c1ccc(Br)cc1. The predicted octanol–water partition coefficient (Wildman–Crippen LogP) is 4.43. The number of anilines is 1. The van der Waals surface area contributed by atoms with Gasteiger partial charge in [-0.1, -0.05) is 40.2 Å². The standard InChI is InChI=1S/C18H13BrN2O2S/c19-12-9-7-11(8-10-12)17(23)21-18(24)20-15-5-1-4-14-13(15)3-2-6-16(14)22/h1-10,22H,(H2,20,21,23,24). The number of hydrogen-bond acceptors (Lipinski definition) is 3. The van der Waals surface area contributed by atoms with E-state index >= 15 is 0 Å². The summed E-state index contributed by atoms with van der Waals surface area (Å²) in [4.78, 5) is 12.2. The zero-order chi connectivity index (χ0) is 17.1. The second kappa shape index (κ2) is 6.98. The fraction of sp³-hybridized carbons (Fsp3) is 0. The molecule has 0 heterocycles. The zero-order valence-corrected chi connectivity index (χ0v) is 14.8. The second-order valence-corrected chi connectivity index (χ2v) is 6.42. The molecule has 0 fully saturated rings. The number of phenols is 1. The number of carbonyl (C=O) groups excluding carboxylic acids is 1. The molecule has 0 unspecified atom stereocenters. The Morgan fingerprint density at radius 2 is 1.62 bits per heavy atom. The van der Waals surface area contributed by atoms with Crippen molar-refractivity contribution in [1.29, 1.82) is 0 Å². The van der Waals surface area contributed by atoms with Crippen LogP contribution in [0.15, 0.2) is 65.1 Å². The average Bonchev–Trinajstić information content (AvgIpc) is 2.56. The van der Waals surface area contributed by atoms with Crippen LogP contribution in [0.5, 0.6) is 5.75 Å². The fourth-order valence-electron chi connectivity index (χ4n) is 2.33. The van der Waals surface area contributed by atoms with E-state index in [1.165, 1.54) is 0 Å². The first kappa shape index (κ1) is 16.4. The second-order valence-electron chi connectivity index (χ2n) is 5.09. The maximum absolute atomic E-state index is 12.2. The molecule has 0 aliphatic rings. The van der Waals surface area contributed by atoms with Crippen LogP contribution in [0.25, 0.3) is 10.8 Å². The van der Waals surface area contributed by atoms with Crippen LogP contribution in [0.4, 0.5) is 5.69 Å². The lowest BCUT2D eigenvalue weighted by atomic mass is 10.1. The summed E-state index contributed by atoms with van der Waals surface area (Å²) in [5.74, 6) is -0.0935. The number of halogens is 1. The molecular formula is C18H13BrN2O2S. The number of thiocarbonyl (C=S) groups is 1. The van der Waals surface area contributed by atoms with Gasteiger partial charge in [0.05, 0.1) is 0 Å². The molecular weight excluding hydrogens is 388 g/mol. The largest absolute Gasteiger partial charge is 0.507 e. The third kappa shape index (κ3) is 3.55. The van der Waals surface area contributed by atoms with Crippen molar-refractivity contribution >= 4 is 55.6 Å². The Bertz CT molecular complexity index is 926. The van der Waals surface area contributed by atoms with Gasteiger partial charge in [0.1, 0.15) is 5.75 Å². The van der Waals surface area contributed by atoms with Crippen molar-refractivity contribution in [2.75, 3.05) is 5.32 Å². The van der Waals surface area contributed by atoms with E-state index in [-0.39, 0.29) is 16.8 Å². The topological polar surface area (TPSA) is 61.4 Å². The van der Waals surface area contributed by atoms with Gasteiger partial charge in [0.25, 0.3) is 5.91 Å². The van der Waals surface area contributed by atoms with Gasteiger partial charge in [-0.25, -0.2) is 0 Å². The first-order valence-electron chi connectivity index (χ1n) is 7.13. The molecule has 0 aliphatic carbocycles. The van der Waals surface area contributed by atoms with Crippen molar-refractivity contribution in [2.24, 2.45) is 0 Å². The van der Waals surface area contributed by atoms with Crippen molar-refractivity contribution in [2.45, 2.75) is 0 Å². The normalized spacial score (nSPS) is 10.4. The molecule has 4 nitrogen and oxygen atoms in total. The molecule has 0 aliphatic heterocycles. The molecule has 0 radical (unpaired) electrons. The molecule has 3 N–H and O–H groups in total. The van der Waals surface area contributed by atoms with Crippen LogP contribution >= 0.6 is 28.1 Å². The molecule has 0 atom stereocenters. The molecule has 24 heavy (non-hydrogen) atoms. The lowest BCUT2D eigenvalue weighted by molar-refractivity contribution is 0.0977. The first-order chi connectivity index (χ1) is 11.5. The highest BCUT2D eigenvalue weighted by Crippen LogP contribution is 2.29. The average molecular weight is 401 g/mol. The van der Waals surface area contributed by atoms with Crippen molar-refractivity contribution in [3.63, 3.8) is 0 Å². The Labute approximate surface area is 152 Å². The Balaban J connectivity index is 1.77. The summed E-state index contributed by atoms with van der Waals surface area (Å²) < 4.78 is 0.898. The van der Waals surface area contributed by atoms with Crippen LogP contribution in [0, 0.1) is 0 Å². The van der Waals surface area contributed by atoms with Crippen molar-refractivity contribution in [1.82, 2.24) is 5.32 Å². The van der Waals surface area contributed by atoms with E-state index in [0.29, 0.717) is 16.6 Å². The van der Waals surface area contributed by atoms with Crippen LogP contribution in [-0.4, -0.2) is 16.1 Å². The van der Waals surface area contributed by atoms with Gasteiger partial charge in [0.15, 0.2) is 5.11 Å². The van der Waals surface area contributed by atoms with E-state index < -0.39 is 0 Å². The van der Waals surface area contributed by atoms with E-state index in [4.69, 9.17) is 12.2 Å². The number of rotatable bonds is 2. The monoisotopic (exact) mass is 400 g/mol. The highest BCUT2D eigenvalue weighted by Gasteiger charge is 2.09. The predicted molar refractivity (Wildman–Crippen MR) is 103 cm³/mol. The van der Waals surface area contributed by atoms with Crippen molar-refractivity contribution < 1.29 is 9.90 Å². The summed E-state index contributed by atoms with van der Waals surface area (Å²) in [6.07, 6.45) is 0. The van der Waals surface area contributed by atoms with Crippen LogP contribution in [0.2, 0.25) is 0 Å². The van der Waals surface area contributed by atoms with Crippen LogP contribution in [0.1, 0.15) is 10.4 Å². The van der Waals surface area contributed by atoms with Gasteiger partial charge < -0.3 is 10.4 Å². The van der Waals surface area contributed by atoms with Gasteiger partial charge in [0.2, 0.25) is 0 Å². The number of aromatic hydroxyl groups is 1. The lowest BCUT2D eigenvalue weighted by Crippen LogP contribution is -2.34. The Morgan fingerprint density at radius 1 is 0.958 bits per heavy atom. The Hall–Kier alpha value is -2.44. The van der Waals surface area contributed by atoms with Crippen LogP contribution in [0.3, 0.4) is 0 Å². The summed E-state index contributed by atoms with van der Waals surface area (Å²) in [5, 5.41) is 17.3. The van der Waals surface area contributed by atoms with Crippen molar-refractivity contribution in [3.05, 3.63) is 70.7 Å². The Morgan fingerprint density at radius 3 is 2.38 bits per heavy atom. The molecule has 3 aromatic rings. The summed E-state index contributed by atoms with van der Waals surface area (Å²) >= 11 is 8.55. The number of hydrogen-bond donors (Lipinski definition) is 3. The summed E-state index contributed by atoms with van der Waals surface area (Å²) in [6.45, 7) is 0. The van der Waals surface area contributed by atoms with Crippen molar-refractivity contribution in [3.8, 4) is 5.75 Å². The number of phenolic OH excluding ortho intramolecular Hbond substituents is 1. The minimum Gasteiger partial charge on any atom is -0.507 e. The maximum atomic E-state index is 12.2. The highest BCUT2D eigenvalue weighted by molar-refractivity contribution is 9.10. The number of amides is 1. The number of nitrogens with one attached hydrogen (secondary N) is 2. The zero-order valence-electron chi connectivity index (χ0n) is 12.4.